The lowest BCUT2D eigenvalue weighted by molar-refractivity contribution is -0.142. The van der Waals surface area contributed by atoms with Crippen molar-refractivity contribution in [3.63, 3.8) is 0 Å². The zero-order chi connectivity index (χ0) is 17.8. The van der Waals surface area contributed by atoms with Gasteiger partial charge in [-0.3, -0.25) is 0 Å². The molecule has 0 radical (unpaired) electrons. The summed E-state index contributed by atoms with van der Waals surface area (Å²) >= 11 is 0. The van der Waals surface area contributed by atoms with Gasteiger partial charge in [-0.25, -0.2) is 14.2 Å². The van der Waals surface area contributed by atoms with Crippen molar-refractivity contribution < 1.29 is 13.2 Å². The molecule has 0 fully saturated rings. The molecule has 0 N–H and O–H groups in total. The van der Waals surface area contributed by atoms with Gasteiger partial charge in [0.25, 0.3) is 0 Å². The highest BCUT2D eigenvalue weighted by atomic mass is 19.4. The number of aryl methyl sites for hydroxylation is 2. The van der Waals surface area contributed by atoms with Gasteiger partial charge in [-0.1, -0.05) is 25.1 Å². The van der Waals surface area contributed by atoms with Crippen LogP contribution in [-0.4, -0.2) is 24.4 Å². The average Bonchev–Trinajstić information content (AvgIpc) is 3.16. The molecule has 4 rings (SSSR count). The van der Waals surface area contributed by atoms with Crippen LogP contribution in [0.15, 0.2) is 36.5 Å². The van der Waals surface area contributed by atoms with Gasteiger partial charge in [0.15, 0.2) is 17.2 Å². The second-order valence-corrected chi connectivity index (χ2v) is 5.79. The number of nitrogens with zero attached hydrogens (tertiary/aromatic N) is 5. The minimum Gasteiger partial charge on any atom is -0.231 e. The monoisotopic (exact) mass is 345 g/mol. The summed E-state index contributed by atoms with van der Waals surface area (Å²) in [5.74, 6) is 0.365. The maximum absolute atomic E-state index is 13.9. The molecule has 25 heavy (non-hydrogen) atoms. The molecule has 0 saturated heterocycles. The first-order valence-electron chi connectivity index (χ1n) is 7.79. The Morgan fingerprint density at radius 2 is 1.92 bits per heavy atom. The van der Waals surface area contributed by atoms with Crippen LogP contribution in [0.25, 0.3) is 22.2 Å². The van der Waals surface area contributed by atoms with Crippen molar-refractivity contribution in [1.29, 1.82) is 0 Å². The topological polar surface area (TPSA) is 48.0 Å². The Morgan fingerprint density at radius 1 is 1.12 bits per heavy atom. The van der Waals surface area contributed by atoms with Crippen LogP contribution < -0.4 is 0 Å². The van der Waals surface area contributed by atoms with Crippen LogP contribution >= 0.6 is 0 Å². The Labute approximate surface area is 140 Å². The highest BCUT2D eigenvalue weighted by molar-refractivity contribution is 5.83. The zero-order valence-electron chi connectivity index (χ0n) is 13.5. The Morgan fingerprint density at radius 3 is 2.64 bits per heavy atom. The van der Waals surface area contributed by atoms with Crippen molar-refractivity contribution in [2.24, 2.45) is 0 Å². The second kappa shape index (κ2) is 5.30. The molecule has 0 aliphatic rings. The van der Waals surface area contributed by atoms with Crippen LogP contribution in [0.2, 0.25) is 0 Å². The van der Waals surface area contributed by atoms with E-state index in [0.29, 0.717) is 17.8 Å². The van der Waals surface area contributed by atoms with E-state index >= 15 is 0 Å². The summed E-state index contributed by atoms with van der Waals surface area (Å²) < 4.78 is 43.7. The smallest absolute Gasteiger partial charge is 0.231 e. The maximum atomic E-state index is 13.9. The van der Waals surface area contributed by atoms with Gasteiger partial charge >= 0.3 is 6.18 Å². The van der Waals surface area contributed by atoms with Crippen molar-refractivity contribution in [1.82, 2.24) is 24.4 Å². The van der Waals surface area contributed by atoms with E-state index in [9.17, 15) is 13.2 Å². The molecule has 0 spiro atoms. The molecule has 0 aliphatic carbocycles. The third-order valence-electron chi connectivity index (χ3n) is 4.13. The van der Waals surface area contributed by atoms with Crippen molar-refractivity contribution >= 4 is 16.6 Å². The Bertz CT molecular complexity index is 1090. The largest absolute Gasteiger partial charge is 0.435 e. The number of pyridine rings is 1. The number of hydrogen-bond acceptors (Lipinski definition) is 3. The molecular formula is C17H14F3N5. The van der Waals surface area contributed by atoms with Crippen LogP contribution in [-0.2, 0) is 12.6 Å². The molecule has 0 unspecified atom stereocenters. The minimum absolute atomic E-state index is 0.0724. The Hall–Kier alpha value is -2.90. The first kappa shape index (κ1) is 15.6. The van der Waals surface area contributed by atoms with Gasteiger partial charge in [0.1, 0.15) is 0 Å². The fourth-order valence-electron chi connectivity index (χ4n) is 3.00. The van der Waals surface area contributed by atoms with Gasteiger partial charge < -0.3 is 0 Å². The number of rotatable bonds is 2. The van der Waals surface area contributed by atoms with E-state index in [1.54, 1.807) is 13.1 Å². The third kappa shape index (κ3) is 2.36. The summed E-state index contributed by atoms with van der Waals surface area (Å²) in [6.07, 6.45) is -2.59. The van der Waals surface area contributed by atoms with Gasteiger partial charge in [-0.15, -0.1) is 0 Å². The van der Waals surface area contributed by atoms with E-state index in [1.807, 2.05) is 25.1 Å². The fraction of sp³-hybridized carbons (Fsp3) is 0.235. The molecule has 0 atom stereocenters. The van der Waals surface area contributed by atoms with E-state index in [4.69, 9.17) is 0 Å². The summed E-state index contributed by atoms with van der Waals surface area (Å²) in [7, 11) is 0. The van der Waals surface area contributed by atoms with E-state index in [1.165, 1.54) is 16.8 Å². The van der Waals surface area contributed by atoms with Gasteiger partial charge in [0, 0.05) is 11.8 Å². The van der Waals surface area contributed by atoms with Crippen molar-refractivity contribution in [2.45, 2.75) is 26.4 Å². The van der Waals surface area contributed by atoms with Gasteiger partial charge in [-0.2, -0.15) is 23.4 Å². The van der Waals surface area contributed by atoms with Gasteiger partial charge in [0.05, 0.1) is 17.4 Å². The molecular weight excluding hydrogens is 331 g/mol. The molecule has 0 bridgehead atoms. The maximum Gasteiger partial charge on any atom is 0.435 e. The summed E-state index contributed by atoms with van der Waals surface area (Å²) in [5, 5.41) is 8.98. The highest BCUT2D eigenvalue weighted by Gasteiger charge is 2.38. The number of alkyl halides is 3. The molecule has 1 aromatic carbocycles. The molecule has 8 heteroatoms. The molecule has 0 aliphatic heterocycles. The number of benzene rings is 1. The van der Waals surface area contributed by atoms with Crippen LogP contribution in [0.4, 0.5) is 13.2 Å². The quantitative estimate of drug-likeness (QED) is 0.552. The van der Waals surface area contributed by atoms with Crippen LogP contribution in [0.5, 0.6) is 0 Å². The summed E-state index contributed by atoms with van der Waals surface area (Å²) in [4.78, 5) is 4.13. The normalized spacial score (nSPS) is 12.4. The van der Waals surface area contributed by atoms with Crippen molar-refractivity contribution in [3.8, 4) is 5.69 Å². The van der Waals surface area contributed by atoms with E-state index in [2.05, 4.69) is 15.2 Å². The van der Waals surface area contributed by atoms with Crippen LogP contribution in [0.3, 0.4) is 0 Å². The van der Waals surface area contributed by atoms with Crippen molar-refractivity contribution in [2.75, 3.05) is 0 Å². The van der Waals surface area contributed by atoms with E-state index in [-0.39, 0.29) is 11.3 Å². The minimum atomic E-state index is -4.60. The summed E-state index contributed by atoms with van der Waals surface area (Å²) in [6.45, 7) is 3.64. The predicted molar refractivity (Wildman–Crippen MR) is 86.7 cm³/mol. The lowest BCUT2D eigenvalue weighted by Gasteiger charge is -2.15. The lowest BCUT2D eigenvalue weighted by Crippen LogP contribution is -2.18. The summed E-state index contributed by atoms with van der Waals surface area (Å²) in [6, 6.07) is 8.44. The number of fused-ring (bicyclic) bond motifs is 2. The first-order valence-corrected chi connectivity index (χ1v) is 7.79. The molecule has 3 heterocycles. The summed E-state index contributed by atoms with van der Waals surface area (Å²) in [5.41, 5.74) is 0.697. The third-order valence-corrected chi connectivity index (χ3v) is 4.13. The SMILES string of the molecule is CCc1nc2ccc(-n3ncc4cccc(C)c43)c(C(F)(F)F)n2n1. The Kier molecular flexibility index (Phi) is 3.31. The molecule has 3 aromatic heterocycles. The van der Waals surface area contributed by atoms with Gasteiger partial charge in [0.2, 0.25) is 0 Å². The Balaban J connectivity index is 2.10. The zero-order valence-corrected chi connectivity index (χ0v) is 13.5. The van der Waals surface area contributed by atoms with E-state index in [0.717, 1.165) is 15.5 Å². The van der Waals surface area contributed by atoms with Crippen molar-refractivity contribution in [3.05, 3.63) is 53.6 Å². The van der Waals surface area contributed by atoms with Crippen LogP contribution in [0.1, 0.15) is 24.0 Å². The number of aromatic nitrogens is 5. The molecule has 128 valence electrons. The van der Waals surface area contributed by atoms with Gasteiger partial charge in [-0.05, 0) is 24.6 Å². The highest BCUT2D eigenvalue weighted by Crippen LogP contribution is 2.35. The first-order chi connectivity index (χ1) is 11.9. The second-order valence-electron chi connectivity index (χ2n) is 5.79. The number of halogens is 3. The average molecular weight is 345 g/mol. The fourth-order valence-corrected chi connectivity index (χ4v) is 3.00. The molecule has 0 amide bonds. The van der Waals surface area contributed by atoms with Crippen LogP contribution in [0, 0.1) is 6.92 Å². The molecule has 5 nitrogen and oxygen atoms in total. The standard InChI is InChI=1S/C17H14F3N5/c1-3-13-22-14-8-7-12(16(17(18,19)20)25(14)23-13)24-15-10(2)5-4-6-11(15)9-21-24/h4-9H,3H2,1-2H3. The number of hydrogen-bond donors (Lipinski definition) is 0. The number of para-hydroxylation sites is 1. The lowest BCUT2D eigenvalue weighted by atomic mass is 10.1. The predicted octanol–water partition coefficient (Wildman–Crippen LogP) is 3.96. The van der Waals surface area contributed by atoms with E-state index < -0.39 is 11.9 Å². The molecule has 4 aromatic rings. The molecule has 0 saturated carbocycles.